The average molecular weight is 233 g/mol. The highest BCUT2D eigenvalue weighted by Crippen LogP contribution is 2.10. The number of hydrogen-bond donors (Lipinski definition) is 1. The van der Waals surface area contributed by atoms with Gasteiger partial charge in [-0.05, 0) is 21.0 Å². The number of aliphatic hydroxyl groups excluding tert-OH is 1. The third-order valence-corrected chi connectivity index (χ3v) is 2.38. The van der Waals surface area contributed by atoms with Gasteiger partial charge in [0.05, 0.1) is 13.2 Å². The van der Waals surface area contributed by atoms with Crippen LogP contribution in [-0.4, -0.2) is 19.6 Å². The first kappa shape index (κ1) is 11.3. The summed E-state index contributed by atoms with van der Waals surface area (Å²) < 4.78 is 1.64. The third-order valence-electron chi connectivity index (χ3n) is 2.38. The maximum Gasteiger partial charge on any atom is 0.381 e. The van der Waals surface area contributed by atoms with Crippen molar-refractivity contribution in [1.29, 1.82) is 0 Å². The van der Waals surface area contributed by atoms with Crippen molar-refractivity contribution in [2.24, 2.45) is 0 Å². The van der Waals surface area contributed by atoms with Gasteiger partial charge >= 0.3 is 5.82 Å². The second-order valence-electron chi connectivity index (χ2n) is 3.64. The number of imidazole rings is 1. The van der Waals surface area contributed by atoms with Crippen LogP contribution >= 0.6 is 0 Å². The Labute approximate surface area is 97.3 Å². The lowest BCUT2D eigenvalue weighted by Crippen LogP contribution is -1.96. The lowest BCUT2D eigenvalue weighted by atomic mass is 10.1. The van der Waals surface area contributed by atoms with E-state index in [0.29, 0.717) is 6.54 Å². The number of hydrogen-bond acceptors (Lipinski definition) is 4. The van der Waals surface area contributed by atoms with Crippen molar-refractivity contribution in [3.63, 3.8) is 0 Å². The van der Waals surface area contributed by atoms with Gasteiger partial charge in [-0.1, -0.05) is 24.3 Å². The van der Waals surface area contributed by atoms with Crippen LogP contribution in [0.25, 0.3) is 0 Å². The predicted molar refractivity (Wildman–Crippen MR) is 60.3 cm³/mol. The largest absolute Gasteiger partial charge is 0.392 e. The van der Waals surface area contributed by atoms with Crippen LogP contribution in [0.1, 0.15) is 11.1 Å². The molecule has 0 aliphatic carbocycles. The Bertz CT molecular complexity index is 519. The van der Waals surface area contributed by atoms with E-state index >= 15 is 0 Å². The molecule has 0 aliphatic rings. The van der Waals surface area contributed by atoms with Crippen LogP contribution < -0.4 is 0 Å². The molecule has 1 aromatic heterocycles. The van der Waals surface area contributed by atoms with Crippen molar-refractivity contribution < 1.29 is 10.0 Å². The standard InChI is InChI=1S/C11H11N3O3/c15-7-10-3-1-9(2-4-10)5-13-6-11(12-8-13)14(16)17/h1-4,6,8,15H,5,7H2. The summed E-state index contributed by atoms with van der Waals surface area (Å²) >= 11 is 0. The molecule has 0 bridgehead atoms. The van der Waals surface area contributed by atoms with Gasteiger partial charge in [-0.3, -0.25) is 0 Å². The van der Waals surface area contributed by atoms with Crippen molar-refractivity contribution in [3.05, 3.63) is 58.0 Å². The monoisotopic (exact) mass is 233 g/mol. The number of aliphatic hydroxyl groups is 1. The molecule has 2 rings (SSSR count). The Balaban J connectivity index is 2.11. The molecule has 0 fully saturated rings. The number of nitro groups is 1. The normalized spacial score (nSPS) is 10.4. The first-order valence-corrected chi connectivity index (χ1v) is 5.04. The molecule has 88 valence electrons. The first-order valence-electron chi connectivity index (χ1n) is 5.04. The molecule has 0 amide bonds. The number of aromatic nitrogens is 2. The Morgan fingerprint density at radius 1 is 1.29 bits per heavy atom. The van der Waals surface area contributed by atoms with Crippen LogP contribution in [-0.2, 0) is 13.2 Å². The van der Waals surface area contributed by atoms with E-state index in [1.807, 2.05) is 24.3 Å². The Kier molecular flexibility index (Phi) is 3.15. The highest BCUT2D eigenvalue weighted by Gasteiger charge is 2.09. The molecule has 1 N–H and O–H groups in total. The molecule has 0 unspecified atom stereocenters. The van der Waals surface area contributed by atoms with Gasteiger partial charge in [0.2, 0.25) is 6.33 Å². The number of benzene rings is 1. The zero-order chi connectivity index (χ0) is 12.3. The molecule has 0 atom stereocenters. The average Bonchev–Trinajstić information content (AvgIpc) is 2.79. The summed E-state index contributed by atoms with van der Waals surface area (Å²) in [5, 5.41) is 19.3. The molecule has 6 nitrogen and oxygen atoms in total. The van der Waals surface area contributed by atoms with Gasteiger partial charge in [0.15, 0.2) is 0 Å². The minimum absolute atomic E-state index is 0.0107. The van der Waals surface area contributed by atoms with Crippen molar-refractivity contribution in [2.75, 3.05) is 0 Å². The molecule has 1 heterocycles. The van der Waals surface area contributed by atoms with Crippen molar-refractivity contribution in [2.45, 2.75) is 13.2 Å². The second-order valence-corrected chi connectivity index (χ2v) is 3.64. The Hall–Kier alpha value is -2.21. The van der Waals surface area contributed by atoms with E-state index in [-0.39, 0.29) is 12.4 Å². The fourth-order valence-corrected chi connectivity index (χ4v) is 1.49. The van der Waals surface area contributed by atoms with E-state index in [1.54, 1.807) is 4.57 Å². The quantitative estimate of drug-likeness (QED) is 0.638. The molecule has 0 aliphatic heterocycles. The molecule has 6 heteroatoms. The minimum Gasteiger partial charge on any atom is -0.392 e. The lowest BCUT2D eigenvalue weighted by Gasteiger charge is -2.02. The molecule has 17 heavy (non-hydrogen) atoms. The topological polar surface area (TPSA) is 81.2 Å². The molecule has 0 radical (unpaired) electrons. The molecule has 1 aromatic carbocycles. The van der Waals surface area contributed by atoms with Gasteiger partial charge in [0.25, 0.3) is 0 Å². The van der Waals surface area contributed by atoms with E-state index in [4.69, 9.17) is 5.11 Å². The second kappa shape index (κ2) is 4.75. The summed E-state index contributed by atoms with van der Waals surface area (Å²) in [5.74, 6) is -0.156. The van der Waals surface area contributed by atoms with Gasteiger partial charge < -0.3 is 19.8 Å². The van der Waals surface area contributed by atoms with Gasteiger partial charge in [0, 0.05) is 0 Å². The van der Waals surface area contributed by atoms with Gasteiger partial charge in [-0.2, -0.15) is 0 Å². The van der Waals surface area contributed by atoms with Crippen LogP contribution in [0.15, 0.2) is 36.8 Å². The summed E-state index contributed by atoms with van der Waals surface area (Å²) in [6.07, 6.45) is 2.82. The van der Waals surface area contributed by atoms with Gasteiger partial charge in [0.1, 0.15) is 6.20 Å². The Morgan fingerprint density at radius 3 is 2.47 bits per heavy atom. The highest BCUT2D eigenvalue weighted by molar-refractivity contribution is 5.23. The molecule has 0 saturated carbocycles. The zero-order valence-corrected chi connectivity index (χ0v) is 8.98. The molecule has 0 spiro atoms. The SMILES string of the molecule is O=[N+]([O-])c1cn(Cc2ccc(CO)cc2)cn1. The summed E-state index contributed by atoms with van der Waals surface area (Å²) in [7, 11) is 0. The summed E-state index contributed by atoms with van der Waals surface area (Å²) in [5.41, 5.74) is 1.83. The van der Waals surface area contributed by atoms with E-state index in [2.05, 4.69) is 4.98 Å². The van der Waals surface area contributed by atoms with E-state index in [1.165, 1.54) is 12.5 Å². The minimum atomic E-state index is -0.522. The van der Waals surface area contributed by atoms with Gasteiger partial charge in [-0.15, -0.1) is 0 Å². The molecule has 2 aromatic rings. The van der Waals surface area contributed by atoms with E-state index in [0.717, 1.165) is 11.1 Å². The first-order chi connectivity index (χ1) is 8.19. The summed E-state index contributed by atoms with van der Waals surface area (Å²) in [6.45, 7) is 0.531. The van der Waals surface area contributed by atoms with Crippen LogP contribution in [0.4, 0.5) is 5.82 Å². The van der Waals surface area contributed by atoms with Crippen LogP contribution in [0.2, 0.25) is 0 Å². The third kappa shape index (κ3) is 2.67. The zero-order valence-electron chi connectivity index (χ0n) is 8.98. The van der Waals surface area contributed by atoms with E-state index < -0.39 is 4.92 Å². The maximum atomic E-state index is 10.5. The maximum absolute atomic E-state index is 10.5. The van der Waals surface area contributed by atoms with E-state index in [9.17, 15) is 10.1 Å². The number of rotatable bonds is 4. The number of nitrogens with zero attached hydrogens (tertiary/aromatic N) is 3. The fraction of sp³-hybridized carbons (Fsp3) is 0.182. The van der Waals surface area contributed by atoms with Crippen LogP contribution in [0.3, 0.4) is 0 Å². The summed E-state index contributed by atoms with van der Waals surface area (Å²) in [4.78, 5) is 13.6. The van der Waals surface area contributed by atoms with Crippen molar-refractivity contribution in [3.8, 4) is 0 Å². The van der Waals surface area contributed by atoms with Crippen LogP contribution in [0, 0.1) is 10.1 Å². The fourth-order valence-electron chi connectivity index (χ4n) is 1.49. The van der Waals surface area contributed by atoms with Gasteiger partial charge in [-0.25, -0.2) is 0 Å². The van der Waals surface area contributed by atoms with Crippen LogP contribution in [0.5, 0.6) is 0 Å². The molecular formula is C11H11N3O3. The molecule has 0 saturated heterocycles. The highest BCUT2D eigenvalue weighted by atomic mass is 16.6. The molecular weight excluding hydrogens is 222 g/mol. The predicted octanol–water partition coefficient (Wildman–Crippen LogP) is 1.33. The Morgan fingerprint density at radius 2 is 1.94 bits per heavy atom. The smallest absolute Gasteiger partial charge is 0.381 e. The lowest BCUT2D eigenvalue weighted by molar-refractivity contribution is -0.389. The summed E-state index contributed by atoms with van der Waals surface area (Å²) in [6, 6.07) is 7.39. The van der Waals surface area contributed by atoms with Crippen molar-refractivity contribution in [1.82, 2.24) is 9.55 Å². The van der Waals surface area contributed by atoms with Crippen molar-refractivity contribution >= 4 is 5.82 Å².